The monoisotopic (exact) mass is 493 g/mol. The van der Waals surface area contributed by atoms with Crippen LogP contribution in [-0.2, 0) is 10.0 Å². The Labute approximate surface area is 205 Å². The number of halogens is 1. The highest BCUT2D eigenvalue weighted by atomic mass is 32.2. The lowest BCUT2D eigenvalue weighted by Gasteiger charge is -2.35. The third-order valence-electron chi connectivity index (χ3n) is 6.70. The van der Waals surface area contributed by atoms with Crippen molar-refractivity contribution in [3.8, 4) is 0 Å². The molecule has 1 aliphatic heterocycles. The lowest BCUT2D eigenvalue weighted by molar-refractivity contribution is 0.0931. The average Bonchev–Trinajstić information content (AvgIpc) is 3.74. The van der Waals surface area contributed by atoms with Gasteiger partial charge in [-0.3, -0.25) is 4.79 Å². The van der Waals surface area contributed by atoms with E-state index in [1.807, 2.05) is 35.2 Å². The van der Waals surface area contributed by atoms with Gasteiger partial charge in [-0.2, -0.15) is 4.31 Å². The van der Waals surface area contributed by atoms with E-state index in [9.17, 15) is 17.6 Å². The van der Waals surface area contributed by atoms with Gasteiger partial charge >= 0.3 is 0 Å². The van der Waals surface area contributed by atoms with Gasteiger partial charge in [-0.1, -0.05) is 36.4 Å². The third kappa shape index (κ3) is 5.23. The molecule has 5 rings (SSSR count). The van der Waals surface area contributed by atoms with Gasteiger partial charge in [0.2, 0.25) is 10.0 Å². The van der Waals surface area contributed by atoms with Crippen LogP contribution in [0.5, 0.6) is 0 Å². The van der Waals surface area contributed by atoms with Crippen molar-refractivity contribution in [3.05, 3.63) is 95.8 Å². The van der Waals surface area contributed by atoms with Crippen molar-refractivity contribution < 1.29 is 17.6 Å². The van der Waals surface area contributed by atoms with E-state index in [-0.39, 0.29) is 22.7 Å². The van der Waals surface area contributed by atoms with Crippen LogP contribution in [0.4, 0.5) is 10.1 Å². The fourth-order valence-electron chi connectivity index (χ4n) is 4.57. The zero-order valence-electron chi connectivity index (χ0n) is 19.3. The zero-order valence-corrected chi connectivity index (χ0v) is 20.1. The molecular formula is C27H28FN3O3S. The Bertz CT molecular complexity index is 1290. The Hall–Kier alpha value is -3.23. The average molecular weight is 494 g/mol. The van der Waals surface area contributed by atoms with Gasteiger partial charge in [0, 0.05) is 37.4 Å². The molecule has 1 saturated carbocycles. The first-order valence-corrected chi connectivity index (χ1v) is 13.3. The fourth-order valence-corrected chi connectivity index (χ4v) is 6.04. The second kappa shape index (κ2) is 9.79. The molecule has 182 valence electrons. The van der Waals surface area contributed by atoms with E-state index in [4.69, 9.17) is 0 Å². The highest BCUT2D eigenvalue weighted by molar-refractivity contribution is 7.89. The maximum Gasteiger partial charge on any atom is 0.251 e. The number of piperazine rings is 1. The normalized spacial score (nSPS) is 17.7. The van der Waals surface area contributed by atoms with Crippen molar-refractivity contribution >= 4 is 21.6 Å². The van der Waals surface area contributed by atoms with E-state index in [2.05, 4.69) is 5.32 Å². The summed E-state index contributed by atoms with van der Waals surface area (Å²) in [6.45, 7) is 1.64. The molecule has 0 radical (unpaired) electrons. The minimum Gasteiger partial charge on any atom is -0.369 e. The number of hydrogen-bond acceptors (Lipinski definition) is 4. The molecule has 3 aromatic carbocycles. The Morgan fingerprint density at radius 3 is 2.23 bits per heavy atom. The number of anilines is 1. The zero-order chi connectivity index (χ0) is 24.4. The van der Waals surface area contributed by atoms with Crippen molar-refractivity contribution in [2.24, 2.45) is 5.92 Å². The summed E-state index contributed by atoms with van der Waals surface area (Å²) in [6.07, 6.45) is 2.14. The van der Waals surface area contributed by atoms with E-state index in [0.717, 1.165) is 24.1 Å². The van der Waals surface area contributed by atoms with Crippen molar-refractivity contribution in [3.63, 3.8) is 0 Å². The van der Waals surface area contributed by atoms with Gasteiger partial charge < -0.3 is 10.2 Å². The Balaban J connectivity index is 1.28. The summed E-state index contributed by atoms with van der Waals surface area (Å²) >= 11 is 0. The molecule has 6 nitrogen and oxygen atoms in total. The molecule has 1 saturated heterocycles. The molecule has 1 unspecified atom stereocenters. The number of carbonyl (C=O) groups is 1. The van der Waals surface area contributed by atoms with Gasteiger partial charge in [-0.05, 0) is 66.8 Å². The first kappa shape index (κ1) is 23.5. The van der Waals surface area contributed by atoms with Crippen molar-refractivity contribution in [1.82, 2.24) is 9.62 Å². The molecule has 1 N–H and O–H groups in total. The Kier molecular flexibility index (Phi) is 6.58. The molecule has 0 spiro atoms. The van der Waals surface area contributed by atoms with Crippen LogP contribution in [0.1, 0.15) is 34.8 Å². The summed E-state index contributed by atoms with van der Waals surface area (Å²) in [5.74, 6) is -0.166. The van der Waals surface area contributed by atoms with E-state index in [1.165, 1.54) is 28.6 Å². The summed E-state index contributed by atoms with van der Waals surface area (Å²) in [4.78, 5) is 15.2. The van der Waals surface area contributed by atoms with E-state index < -0.39 is 10.0 Å². The Morgan fingerprint density at radius 2 is 1.57 bits per heavy atom. The van der Waals surface area contributed by atoms with E-state index in [0.29, 0.717) is 37.7 Å². The van der Waals surface area contributed by atoms with Crippen molar-refractivity contribution in [2.75, 3.05) is 31.1 Å². The standard InChI is InChI=1S/C27H28FN3O3S/c28-23-11-13-24(14-12-23)30-15-17-31(18-16-30)35(33,34)25-8-4-7-22(19-25)27(32)29-26(21-9-10-21)20-5-2-1-3-6-20/h1-8,11-14,19,21,26H,9-10,15-18H2,(H,29,32). The molecule has 35 heavy (non-hydrogen) atoms. The molecular weight excluding hydrogens is 465 g/mol. The molecule has 1 aliphatic carbocycles. The third-order valence-corrected chi connectivity index (χ3v) is 8.60. The van der Waals surface area contributed by atoms with Crippen LogP contribution in [0.15, 0.2) is 83.8 Å². The maximum atomic E-state index is 13.3. The number of nitrogens with zero attached hydrogens (tertiary/aromatic N) is 2. The van der Waals surface area contributed by atoms with Gasteiger partial charge in [0.25, 0.3) is 5.91 Å². The smallest absolute Gasteiger partial charge is 0.251 e. The summed E-state index contributed by atoms with van der Waals surface area (Å²) in [6, 6.07) is 22.3. The second-order valence-electron chi connectivity index (χ2n) is 9.09. The summed E-state index contributed by atoms with van der Waals surface area (Å²) in [7, 11) is -3.75. The van der Waals surface area contributed by atoms with E-state index in [1.54, 1.807) is 24.3 Å². The van der Waals surface area contributed by atoms with Crippen LogP contribution >= 0.6 is 0 Å². The number of hydrogen-bond donors (Lipinski definition) is 1. The van der Waals surface area contributed by atoms with Crippen molar-refractivity contribution in [2.45, 2.75) is 23.8 Å². The molecule has 2 fully saturated rings. The first-order valence-electron chi connectivity index (χ1n) is 11.9. The summed E-state index contributed by atoms with van der Waals surface area (Å²) in [5.41, 5.74) is 2.26. The minimum absolute atomic E-state index is 0.0801. The highest BCUT2D eigenvalue weighted by Crippen LogP contribution is 2.41. The van der Waals surface area contributed by atoms with Gasteiger partial charge in [-0.25, -0.2) is 12.8 Å². The molecule has 2 aliphatic rings. The highest BCUT2D eigenvalue weighted by Gasteiger charge is 2.34. The number of rotatable bonds is 7. The lowest BCUT2D eigenvalue weighted by Crippen LogP contribution is -2.48. The van der Waals surface area contributed by atoms with Crippen LogP contribution in [0, 0.1) is 11.7 Å². The SMILES string of the molecule is O=C(NC(c1ccccc1)C1CC1)c1cccc(S(=O)(=O)N2CCN(c3ccc(F)cc3)CC2)c1. The lowest BCUT2D eigenvalue weighted by atomic mass is 10.0. The molecule has 3 aromatic rings. The quantitative estimate of drug-likeness (QED) is 0.535. The number of carbonyl (C=O) groups excluding carboxylic acids is 1. The van der Waals surface area contributed by atoms with E-state index >= 15 is 0 Å². The molecule has 0 aromatic heterocycles. The number of sulfonamides is 1. The van der Waals surface area contributed by atoms with Crippen LogP contribution < -0.4 is 10.2 Å². The minimum atomic E-state index is -3.75. The second-order valence-corrected chi connectivity index (χ2v) is 11.0. The van der Waals surface area contributed by atoms with Gasteiger partial charge in [-0.15, -0.1) is 0 Å². The predicted octanol–water partition coefficient (Wildman–Crippen LogP) is 4.22. The number of benzene rings is 3. The summed E-state index contributed by atoms with van der Waals surface area (Å²) < 4.78 is 41.3. The molecule has 0 bridgehead atoms. The number of nitrogens with one attached hydrogen (secondary N) is 1. The van der Waals surface area contributed by atoms with Crippen LogP contribution in [0.2, 0.25) is 0 Å². The number of amides is 1. The Morgan fingerprint density at radius 1 is 0.886 bits per heavy atom. The van der Waals surface area contributed by atoms with Crippen LogP contribution in [-0.4, -0.2) is 44.8 Å². The first-order chi connectivity index (χ1) is 16.9. The van der Waals surface area contributed by atoms with Gasteiger partial charge in [0.1, 0.15) is 5.82 Å². The fraction of sp³-hybridized carbons (Fsp3) is 0.296. The van der Waals surface area contributed by atoms with Gasteiger partial charge in [0.15, 0.2) is 0 Å². The van der Waals surface area contributed by atoms with Crippen molar-refractivity contribution in [1.29, 1.82) is 0 Å². The maximum absolute atomic E-state index is 13.3. The molecule has 8 heteroatoms. The molecule has 1 heterocycles. The van der Waals surface area contributed by atoms with Crippen LogP contribution in [0.25, 0.3) is 0 Å². The topological polar surface area (TPSA) is 69.7 Å². The molecule has 1 atom stereocenters. The molecule has 1 amide bonds. The predicted molar refractivity (Wildman–Crippen MR) is 133 cm³/mol. The van der Waals surface area contributed by atoms with Crippen LogP contribution in [0.3, 0.4) is 0 Å². The summed E-state index contributed by atoms with van der Waals surface area (Å²) in [5, 5.41) is 3.12. The largest absolute Gasteiger partial charge is 0.369 e. The van der Waals surface area contributed by atoms with Gasteiger partial charge in [0.05, 0.1) is 10.9 Å².